The van der Waals surface area contributed by atoms with Gasteiger partial charge in [0.1, 0.15) is 5.75 Å². The first-order valence-corrected chi connectivity index (χ1v) is 8.43. The van der Waals surface area contributed by atoms with Gasteiger partial charge in [0.2, 0.25) is 0 Å². The highest BCUT2D eigenvalue weighted by Crippen LogP contribution is 2.41. The molecule has 1 amide bonds. The smallest absolute Gasteiger partial charge is 0.253 e. The van der Waals surface area contributed by atoms with Crippen molar-refractivity contribution in [1.29, 1.82) is 0 Å². The van der Waals surface area contributed by atoms with Gasteiger partial charge in [-0.15, -0.1) is 0 Å². The van der Waals surface area contributed by atoms with Crippen molar-refractivity contribution in [2.75, 3.05) is 7.11 Å². The Hall–Kier alpha value is -1.97. The van der Waals surface area contributed by atoms with Crippen LogP contribution in [0, 0.1) is 12.8 Å². The lowest BCUT2D eigenvalue weighted by Crippen LogP contribution is -2.36. The first-order valence-electron chi connectivity index (χ1n) is 8.43. The average Bonchev–Trinajstić information content (AvgIpc) is 3.29. The molecule has 1 atom stereocenters. The van der Waals surface area contributed by atoms with Gasteiger partial charge in [-0.1, -0.05) is 13.8 Å². The maximum absolute atomic E-state index is 12.9. The minimum atomic E-state index is 0.0151. The number of carbonyl (C=O) groups is 1. The van der Waals surface area contributed by atoms with Crippen LogP contribution >= 0.6 is 0 Å². The van der Waals surface area contributed by atoms with Crippen LogP contribution in [0.25, 0.3) is 10.9 Å². The van der Waals surface area contributed by atoms with Crippen molar-refractivity contribution in [3.05, 3.63) is 29.5 Å². The molecule has 1 heterocycles. The van der Waals surface area contributed by atoms with Gasteiger partial charge in [-0.3, -0.25) is 4.79 Å². The summed E-state index contributed by atoms with van der Waals surface area (Å²) >= 11 is 0. The van der Waals surface area contributed by atoms with E-state index in [4.69, 9.17) is 4.74 Å². The van der Waals surface area contributed by atoms with Crippen LogP contribution in [0.2, 0.25) is 0 Å². The molecule has 1 saturated carbocycles. The molecule has 1 fully saturated rings. The fourth-order valence-corrected chi connectivity index (χ4v) is 3.08. The predicted octanol–water partition coefficient (Wildman–Crippen LogP) is 4.07. The van der Waals surface area contributed by atoms with Crippen molar-refractivity contribution in [1.82, 2.24) is 9.88 Å². The number of aromatic nitrogens is 1. The Morgan fingerprint density at radius 1 is 1.30 bits per heavy atom. The molecular formula is C19H26N2O2. The van der Waals surface area contributed by atoms with Crippen molar-refractivity contribution < 1.29 is 9.53 Å². The molecule has 124 valence electrons. The summed E-state index contributed by atoms with van der Waals surface area (Å²) < 4.78 is 7.68. The normalized spacial score (nSPS) is 15.9. The van der Waals surface area contributed by atoms with Crippen LogP contribution in [0.3, 0.4) is 0 Å². The van der Waals surface area contributed by atoms with E-state index in [0.29, 0.717) is 12.0 Å². The summed E-state index contributed by atoms with van der Waals surface area (Å²) in [6.07, 6.45) is 2.39. The molecule has 0 unspecified atom stereocenters. The predicted molar refractivity (Wildman–Crippen MR) is 93.3 cm³/mol. The molecule has 0 radical (unpaired) electrons. The SMILES string of the molecule is COc1ccc2c(c1)c(C(=O)N[C@H](C)C(C)C)c(C)n2C1CC1. The van der Waals surface area contributed by atoms with Crippen molar-refractivity contribution in [3.8, 4) is 5.75 Å². The Balaban J connectivity index is 2.10. The van der Waals surface area contributed by atoms with Crippen LogP contribution in [0.1, 0.15) is 55.7 Å². The molecule has 4 heteroatoms. The van der Waals surface area contributed by atoms with E-state index in [9.17, 15) is 4.79 Å². The third-order valence-electron chi connectivity index (χ3n) is 4.95. The zero-order valence-corrected chi connectivity index (χ0v) is 14.6. The molecule has 0 aliphatic heterocycles. The van der Waals surface area contributed by atoms with Gasteiger partial charge in [0.05, 0.1) is 12.7 Å². The number of benzene rings is 1. The van der Waals surface area contributed by atoms with Crippen molar-refractivity contribution in [2.24, 2.45) is 5.92 Å². The zero-order chi connectivity index (χ0) is 16.7. The van der Waals surface area contributed by atoms with Gasteiger partial charge in [0.25, 0.3) is 5.91 Å². The first-order chi connectivity index (χ1) is 10.9. The second kappa shape index (κ2) is 5.91. The van der Waals surface area contributed by atoms with E-state index in [1.807, 2.05) is 12.1 Å². The molecule has 1 N–H and O–H groups in total. The number of fused-ring (bicyclic) bond motifs is 1. The van der Waals surface area contributed by atoms with Crippen molar-refractivity contribution >= 4 is 16.8 Å². The number of hydrogen-bond donors (Lipinski definition) is 1. The molecule has 0 bridgehead atoms. The average molecular weight is 314 g/mol. The highest BCUT2D eigenvalue weighted by atomic mass is 16.5. The molecule has 3 rings (SSSR count). The van der Waals surface area contributed by atoms with Crippen LogP contribution in [-0.4, -0.2) is 23.6 Å². The second-order valence-corrected chi connectivity index (χ2v) is 6.95. The second-order valence-electron chi connectivity index (χ2n) is 6.95. The van der Waals surface area contributed by atoms with Crippen molar-refractivity contribution in [2.45, 2.75) is 52.6 Å². The largest absolute Gasteiger partial charge is 0.497 e. The van der Waals surface area contributed by atoms with Gasteiger partial charge in [-0.05, 0) is 50.8 Å². The maximum atomic E-state index is 12.9. The summed E-state index contributed by atoms with van der Waals surface area (Å²) in [6, 6.07) is 6.71. The Kier molecular flexibility index (Phi) is 4.09. The van der Waals surface area contributed by atoms with E-state index in [1.54, 1.807) is 7.11 Å². The molecular weight excluding hydrogens is 288 g/mol. The first kappa shape index (κ1) is 15.9. The van der Waals surface area contributed by atoms with E-state index >= 15 is 0 Å². The fourth-order valence-electron chi connectivity index (χ4n) is 3.08. The number of hydrogen-bond acceptors (Lipinski definition) is 2. The van der Waals surface area contributed by atoms with Crippen LogP contribution in [-0.2, 0) is 0 Å². The van der Waals surface area contributed by atoms with Gasteiger partial charge < -0.3 is 14.6 Å². The molecule has 1 aromatic heterocycles. The minimum Gasteiger partial charge on any atom is -0.497 e. The highest BCUT2D eigenvalue weighted by Gasteiger charge is 2.30. The van der Waals surface area contributed by atoms with Gasteiger partial charge in [0.15, 0.2) is 0 Å². The number of carbonyl (C=O) groups excluding carboxylic acids is 1. The topological polar surface area (TPSA) is 43.3 Å². The zero-order valence-electron chi connectivity index (χ0n) is 14.6. The lowest BCUT2D eigenvalue weighted by Gasteiger charge is -2.17. The Morgan fingerprint density at radius 3 is 2.57 bits per heavy atom. The summed E-state index contributed by atoms with van der Waals surface area (Å²) in [5.41, 5.74) is 2.98. The Bertz CT molecular complexity index is 741. The van der Waals surface area contributed by atoms with Crippen LogP contribution in [0.15, 0.2) is 18.2 Å². The van der Waals surface area contributed by atoms with E-state index in [0.717, 1.165) is 27.9 Å². The maximum Gasteiger partial charge on any atom is 0.253 e. The summed E-state index contributed by atoms with van der Waals surface area (Å²) in [4.78, 5) is 12.9. The van der Waals surface area contributed by atoms with Gasteiger partial charge >= 0.3 is 0 Å². The van der Waals surface area contributed by atoms with Gasteiger partial charge in [-0.25, -0.2) is 0 Å². The summed E-state index contributed by atoms with van der Waals surface area (Å²) in [7, 11) is 1.66. The number of methoxy groups -OCH3 is 1. The fraction of sp³-hybridized carbons (Fsp3) is 0.526. The van der Waals surface area contributed by atoms with Gasteiger partial charge in [-0.2, -0.15) is 0 Å². The quantitative estimate of drug-likeness (QED) is 0.904. The summed E-state index contributed by atoms with van der Waals surface area (Å²) in [5.74, 6) is 1.21. The number of nitrogens with one attached hydrogen (secondary N) is 1. The molecule has 1 aliphatic rings. The monoisotopic (exact) mass is 314 g/mol. The summed E-state index contributed by atoms with van der Waals surface area (Å²) in [6.45, 7) is 8.35. The van der Waals surface area contributed by atoms with Crippen LogP contribution < -0.4 is 10.1 Å². The molecule has 1 aromatic carbocycles. The standard InChI is InChI=1S/C19H26N2O2/c1-11(2)12(3)20-19(22)18-13(4)21(14-6-7-14)17-9-8-15(23-5)10-16(17)18/h8-12,14H,6-7H2,1-5H3,(H,20,22)/t12-/m1/s1. The molecule has 23 heavy (non-hydrogen) atoms. The number of rotatable bonds is 5. The van der Waals surface area contributed by atoms with E-state index in [2.05, 4.69) is 43.6 Å². The number of ether oxygens (including phenoxy) is 1. The van der Waals surface area contributed by atoms with E-state index in [-0.39, 0.29) is 11.9 Å². The number of nitrogens with zero attached hydrogens (tertiary/aromatic N) is 1. The number of amides is 1. The lowest BCUT2D eigenvalue weighted by atomic mass is 10.0. The molecule has 0 spiro atoms. The molecule has 2 aromatic rings. The van der Waals surface area contributed by atoms with Crippen LogP contribution in [0.4, 0.5) is 0 Å². The molecule has 1 aliphatic carbocycles. The highest BCUT2D eigenvalue weighted by molar-refractivity contribution is 6.09. The third-order valence-corrected chi connectivity index (χ3v) is 4.95. The van der Waals surface area contributed by atoms with E-state index < -0.39 is 0 Å². The Morgan fingerprint density at radius 2 is 2.00 bits per heavy atom. The summed E-state index contributed by atoms with van der Waals surface area (Å²) in [5, 5.41) is 4.13. The van der Waals surface area contributed by atoms with Gasteiger partial charge in [0, 0.05) is 28.7 Å². The minimum absolute atomic E-state index is 0.0151. The van der Waals surface area contributed by atoms with Crippen LogP contribution in [0.5, 0.6) is 5.75 Å². The molecule has 4 nitrogen and oxygen atoms in total. The van der Waals surface area contributed by atoms with Crippen molar-refractivity contribution in [3.63, 3.8) is 0 Å². The molecule has 0 saturated heterocycles. The third kappa shape index (κ3) is 2.82. The lowest BCUT2D eigenvalue weighted by molar-refractivity contribution is 0.0931. The Labute approximate surface area is 137 Å². The van der Waals surface area contributed by atoms with E-state index in [1.165, 1.54) is 12.8 Å².